The fourth-order valence-corrected chi connectivity index (χ4v) is 2.28. The molecule has 1 nitrogen and oxygen atoms in total. The van der Waals surface area contributed by atoms with Crippen molar-refractivity contribution in [2.24, 2.45) is 0 Å². The van der Waals surface area contributed by atoms with Crippen LogP contribution in [0.4, 0.5) is 0 Å². The maximum absolute atomic E-state index is 3.35. The first-order valence-electron chi connectivity index (χ1n) is 6.55. The van der Waals surface area contributed by atoms with Crippen molar-refractivity contribution in [3.63, 3.8) is 0 Å². The minimum atomic E-state index is 1.18. The van der Waals surface area contributed by atoms with Crippen LogP contribution in [0.3, 0.4) is 0 Å². The minimum Gasteiger partial charge on any atom is -0.361 e. The van der Waals surface area contributed by atoms with Gasteiger partial charge >= 0.3 is 0 Å². The van der Waals surface area contributed by atoms with Gasteiger partial charge in [0, 0.05) is 17.5 Å². The predicted molar refractivity (Wildman–Crippen MR) is 74.2 cm³/mol. The zero-order valence-electron chi connectivity index (χ0n) is 10.8. The predicted octanol–water partition coefficient (Wildman–Crippen LogP) is 4.72. The molecule has 17 heavy (non-hydrogen) atoms. The summed E-state index contributed by atoms with van der Waals surface area (Å²) < 4.78 is 0. The number of aromatic nitrogens is 1. The zero-order chi connectivity index (χ0) is 12.1. The Labute approximate surface area is 104 Å². The Hall–Kier alpha value is -1.50. The molecule has 1 aromatic carbocycles. The molecule has 0 saturated heterocycles. The molecule has 0 fully saturated rings. The average Bonchev–Trinajstić information content (AvgIpc) is 2.76. The van der Waals surface area contributed by atoms with Crippen molar-refractivity contribution in [2.75, 3.05) is 0 Å². The molecule has 1 heterocycles. The van der Waals surface area contributed by atoms with Crippen LogP contribution >= 0.6 is 0 Å². The third-order valence-corrected chi connectivity index (χ3v) is 3.29. The first-order chi connectivity index (χ1) is 8.33. The summed E-state index contributed by atoms with van der Waals surface area (Å²) in [4.78, 5) is 3.35. The summed E-state index contributed by atoms with van der Waals surface area (Å²) in [6, 6.07) is 10.9. The van der Waals surface area contributed by atoms with Crippen LogP contribution in [-0.2, 0) is 6.42 Å². The van der Waals surface area contributed by atoms with Crippen molar-refractivity contribution in [3.05, 3.63) is 47.7 Å². The molecule has 0 aliphatic heterocycles. The lowest BCUT2D eigenvalue weighted by atomic mass is 9.98. The van der Waals surface area contributed by atoms with Gasteiger partial charge in [-0.2, -0.15) is 0 Å². The molecular weight excluding hydrogens is 206 g/mol. The van der Waals surface area contributed by atoms with E-state index in [1.165, 1.54) is 48.1 Å². The van der Waals surface area contributed by atoms with Crippen LogP contribution in [0.15, 0.2) is 36.5 Å². The molecule has 1 aromatic heterocycles. The Morgan fingerprint density at radius 3 is 2.59 bits per heavy atom. The summed E-state index contributed by atoms with van der Waals surface area (Å²) in [5, 5.41) is 0. The van der Waals surface area contributed by atoms with Crippen LogP contribution in [0.5, 0.6) is 0 Å². The van der Waals surface area contributed by atoms with E-state index < -0.39 is 0 Å². The number of nitrogens with one attached hydrogen (secondary N) is 1. The molecule has 1 N–H and O–H groups in total. The highest BCUT2D eigenvalue weighted by Gasteiger charge is 2.07. The Morgan fingerprint density at radius 2 is 1.88 bits per heavy atom. The number of unbranched alkanes of at least 4 members (excludes halogenated alkanes) is 2. The van der Waals surface area contributed by atoms with Gasteiger partial charge in [-0.15, -0.1) is 0 Å². The first-order valence-corrected chi connectivity index (χ1v) is 6.55. The monoisotopic (exact) mass is 227 g/mol. The largest absolute Gasteiger partial charge is 0.361 e. The molecule has 90 valence electrons. The van der Waals surface area contributed by atoms with E-state index >= 15 is 0 Å². The summed E-state index contributed by atoms with van der Waals surface area (Å²) in [6.45, 7) is 4.41. The van der Waals surface area contributed by atoms with E-state index in [0.29, 0.717) is 0 Å². The van der Waals surface area contributed by atoms with Gasteiger partial charge in [-0.05, 0) is 37.0 Å². The van der Waals surface area contributed by atoms with Gasteiger partial charge in [0.2, 0.25) is 0 Å². The van der Waals surface area contributed by atoms with Crippen molar-refractivity contribution in [1.82, 2.24) is 4.98 Å². The maximum Gasteiger partial charge on any atom is 0.0486 e. The van der Waals surface area contributed by atoms with Crippen molar-refractivity contribution < 1.29 is 0 Å². The van der Waals surface area contributed by atoms with E-state index in [4.69, 9.17) is 0 Å². The van der Waals surface area contributed by atoms with Crippen LogP contribution in [-0.4, -0.2) is 4.98 Å². The summed E-state index contributed by atoms with van der Waals surface area (Å²) in [6.07, 6.45) is 7.09. The molecule has 0 aliphatic carbocycles. The molecule has 0 aliphatic rings. The van der Waals surface area contributed by atoms with Gasteiger partial charge in [-0.3, -0.25) is 0 Å². The fourth-order valence-electron chi connectivity index (χ4n) is 2.28. The fraction of sp³-hybridized carbons (Fsp3) is 0.375. The molecular formula is C16H21N. The molecule has 0 spiro atoms. The van der Waals surface area contributed by atoms with Gasteiger partial charge < -0.3 is 4.98 Å². The third kappa shape index (κ3) is 2.79. The standard InChI is InChI=1S/C16H21N/c1-3-4-5-8-14-9-6-7-10-15(14)16-13(2)11-12-17-16/h6-7,9-12,17H,3-5,8H2,1-2H3. The lowest BCUT2D eigenvalue weighted by molar-refractivity contribution is 0.718. The van der Waals surface area contributed by atoms with Crippen molar-refractivity contribution in [1.29, 1.82) is 0 Å². The Balaban J connectivity index is 2.25. The van der Waals surface area contributed by atoms with E-state index in [-0.39, 0.29) is 0 Å². The van der Waals surface area contributed by atoms with E-state index in [0.717, 1.165) is 0 Å². The second-order valence-electron chi connectivity index (χ2n) is 4.65. The molecule has 1 heteroatoms. The lowest BCUT2D eigenvalue weighted by Gasteiger charge is -2.09. The molecule has 2 rings (SSSR count). The molecule has 0 amide bonds. The molecule has 0 saturated carbocycles. The third-order valence-electron chi connectivity index (χ3n) is 3.29. The molecule has 2 aromatic rings. The second-order valence-corrected chi connectivity index (χ2v) is 4.65. The summed E-state index contributed by atoms with van der Waals surface area (Å²) in [5.74, 6) is 0. The quantitative estimate of drug-likeness (QED) is 0.711. The number of aromatic amines is 1. The molecule has 0 atom stereocenters. The van der Waals surface area contributed by atoms with Crippen molar-refractivity contribution in [2.45, 2.75) is 39.5 Å². The average molecular weight is 227 g/mol. The van der Waals surface area contributed by atoms with Crippen molar-refractivity contribution >= 4 is 0 Å². The van der Waals surface area contributed by atoms with Crippen LogP contribution in [0.25, 0.3) is 11.3 Å². The summed E-state index contributed by atoms with van der Waals surface area (Å²) >= 11 is 0. The van der Waals surface area contributed by atoms with Gasteiger partial charge in [-0.25, -0.2) is 0 Å². The minimum absolute atomic E-state index is 1.18. The van der Waals surface area contributed by atoms with Crippen LogP contribution in [0, 0.1) is 6.92 Å². The zero-order valence-corrected chi connectivity index (χ0v) is 10.8. The van der Waals surface area contributed by atoms with E-state index in [1.807, 2.05) is 6.20 Å². The summed E-state index contributed by atoms with van der Waals surface area (Å²) in [5.41, 5.74) is 5.43. The summed E-state index contributed by atoms with van der Waals surface area (Å²) in [7, 11) is 0. The Bertz CT molecular complexity index is 468. The first kappa shape index (κ1) is 12.0. The van der Waals surface area contributed by atoms with E-state index in [2.05, 4.69) is 49.2 Å². The SMILES string of the molecule is CCCCCc1ccccc1-c1[nH]ccc1C. The van der Waals surface area contributed by atoms with Crippen LogP contribution < -0.4 is 0 Å². The highest BCUT2D eigenvalue weighted by Crippen LogP contribution is 2.26. The smallest absolute Gasteiger partial charge is 0.0486 e. The normalized spacial score (nSPS) is 10.7. The molecule has 0 unspecified atom stereocenters. The number of H-pyrrole nitrogens is 1. The van der Waals surface area contributed by atoms with Gasteiger partial charge in [0.25, 0.3) is 0 Å². The van der Waals surface area contributed by atoms with Gasteiger partial charge in [-0.1, -0.05) is 44.0 Å². The van der Waals surface area contributed by atoms with Gasteiger partial charge in [0.15, 0.2) is 0 Å². The van der Waals surface area contributed by atoms with Crippen LogP contribution in [0.1, 0.15) is 37.3 Å². The number of rotatable bonds is 5. The lowest BCUT2D eigenvalue weighted by Crippen LogP contribution is -1.91. The Kier molecular flexibility index (Phi) is 4.03. The highest BCUT2D eigenvalue weighted by atomic mass is 14.7. The number of hydrogen-bond acceptors (Lipinski definition) is 0. The van der Waals surface area contributed by atoms with E-state index in [9.17, 15) is 0 Å². The number of aryl methyl sites for hydroxylation is 2. The van der Waals surface area contributed by atoms with E-state index in [1.54, 1.807) is 0 Å². The van der Waals surface area contributed by atoms with Gasteiger partial charge in [0.1, 0.15) is 0 Å². The maximum atomic E-state index is 3.35. The second kappa shape index (κ2) is 5.72. The topological polar surface area (TPSA) is 15.8 Å². The van der Waals surface area contributed by atoms with Gasteiger partial charge in [0.05, 0.1) is 0 Å². The number of benzene rings is 1. The molecule has 0 radical (unpaired) electrons. The Morgan fingerprint density at radius 1 is 1.06 bits per heavy atom. The molecule has 0 bridgehead atoms. The number of hydrogen-bond donors (Lipinski definition) is 1. The van der Waals surface area contributed by atoms with Crippen LogP contribution in [0.2, 0.25) is 0 Å². The highest BCUT2D eigenvalue weighted by molar-refractivity contribution is 5.67. The van der Waals surface area contributed by atoms with Crippen molar-refractivity contribution in [3.8, 4) is 11.3 Å².